The van der Waals surface area contributed by atoms with Gasteiger partial charge in [-0.1, -0.05) is 42.3 Å². The van der Waals surface area contributed by atoms with Crippen molar-refractivity contribution in [1.82, 2.24) is 14.9 Å². The van der Waals surface area contributed by atoms with Crippen molar-refractivity contribution < 1.29 is 22.3 Å². The third-order valence-corrected chi connectivity index (χ3v) is 11.6. The molecule has 0 amide bonds. The molecule has 1 N–H and O–H groups in total. The molecule has 3 aromatic rings. The summed E-state index contributed by atoms with van der Waals surface area (Å²) >= 11 is 13.1. The highest BCUT2D eigenvalue weighted by Crippen LogP contribution is 2.47. The van der Waals surface area contributed by atoms with Gasteiger partial charge in [0.25, 0.3) is 10.0 Å². The van der Waals surface area contributed by atoms with E-state index in [1.165, 1.54) is 32.8 Å². The summed E-state index contributed by atoms with van der Waals surface area (Å²) < 4.78 is 56.1. The second-order valence-corrected chi connectivity index (χ2v) is 15.2. The molecule has 0 radical (unpaired) electrons. The maximum Gasteiger partial charge on any atom is 0.268 e. The van der Waals surface area contributed by atoms with Gasteiger partial charge in [0.1, 0.15) is 34.4 Å². The van der Waals surface area contributed by atoms with E-state index in [-0.39, 0.29) is 34.9 Å². The Kier molecular flexibility index (Phi) is 10.7. The number of hydrogen-bond acceptors (Lipinski definition) is 8. The number of nitrogens with one attached hydrogen (secondary N) is 1. The minimum atomic E-state index is -4.51. The van der Waals surface area contributed by atoms with Crippen molar-refractivity contribution in [1.29, 1.82) is 0 Å². The summed E-state index contributed by atoms with van der Waals surface area (Å²) in [5, 5.41) is 4.39. The lowest BCUT2D eigenvalue weighted by molar-refractivity contribution is 0.108. The SMILES string of the molecule is COc1ccc(CN(c2ccncn2)S(=O)(=O)c2cc(Cl)c(N[C@H]3CC[C@H](C4(C)C=CC=C(Cl)C4)C[C@@H]3N(C)C)cc2F)c(OC)c1. The van der Waals surface area contributed by atoms with Gasteiger partial charge in [0.05, 0.1) is 31.5 Å². The van der Waals surface area contributed by atoms with E-state index in [1.807, 2.05) is 26.2 Å². The van der Waals surface area contributed by atoms with Crippen LogP contribution >= 0.6 is 23.2 Å². The molecule has 47 heavy (non-hydrogen) atoms. The molecule has 0 bridgehead atoms. The number of benzene rings is 2. The molecule has 1 fully saturated rings. The van der Waals surface area contributed by atoms with Crippen LogP contribution < -0.4 is 19.1 Å². The van der Waals surface area contributed by atoms with Crippen molar-refractivity contribution >= 4 is 44.7 Å². The number of anilines is 2. The number of methoxy groups -OCH3 is 2. The molecule has 0 saturated heterocycles. The highest BCUT2D eigenvalue weighted by molar-refractivity contribution is 7.92. The molecule has 1 aromatic heterocycles. The van der Waals surface area contributed by atoms with E-state index in [2.05, 4.69) is 33.2 Å². The number of halogens is 3. The molecule has 13 heteroatoms. The zero-order valence-electron chi connectivity index (χ0n) is 27.1. The average molecular weight is 705 g/mol. The fraction of sp³-hybridized carbons (Fsp3) is 0.412. The predicted octanol–water partition coefficient (Wildman–Crippen LogP) is 7.28. The van der Waals surface area contributed by atoms with Gasteiger partial charge < -0.3 is 19.7 Å². The van der Waals surface area contributed by atoms with Gasteiger partial charge in [-0.2, -0.15) is 0 Å². The number of likely N-dealkylation sites (N-methyl/N-ethyl adjacent to an activating group) is 1. The summed E-state index contributed by atoms with van der Waals surface area (Å²) in [4.78, 5) is 9.67. The molecule has 1 heterocycles. The van der Waals surface area contributed by atoms with Gasteiger partial charge in [0.15, 0.2) is 0 Å². The maximum atomic E-state index is 16.0. The second-order valence-electron chi connectivity index (χ2n) is 12.5. The molecule has 5 rings (SSSR count). The first-order valence-corrected chi connectivity index (χ1v) is 17.5. The summed E-state index contributed by atoms with van der Waals surface area (Å²) in [6.07, 6.45) is 12.4. The molecule has 2 aliphatic carbocycles. The molecule has 0 spiro atoms. The summed E-state index contributed by atoms with van der Waals surface area (Å²) in [6, 6.07) is 8.86. The van der Waals surface area contributed by atoms with Crippen LogP contribution in [0.3, 0.4) is 0 Å². The van der Waals surface area contributed by atoms with Crippen LogP contribution in [0.4, 0.5) is 15.9 Å². The van der Waals surface area contributed by atoms with Crippen LogP contribution in [0.1, 0.15) is 38.2 Å². The largest absolute Gasteiger partial charge is 0.497 e. The summed E-state index contributed by atoms with van der Waals surface area (Å²) in [5.41, 5.74) is 0.802. The van der Waals surface area contributed by atoms with Crippen molar-refractivity contribution in [3.8, 4) is 11.5 Å². The number of nitrogens with zero attached hydrogens (tertiary/aromatic N) is 4. The number of ether oxygens (including phenoxy) is 2. The Morgan fingerprint density at radius 3 is 2.55 bits per heavy atom. The average Bonchev–Trinajstić information content (AvgIpc) is 3.05. The normalized spacial score (nSPS) is 22.9. The number of hydrogen-bond donors (Lipinski definition) is 1. The Morgan fingerprint density at radius 1 is 1.11 bits per heavy atom. The Hall–Kier alpha value is -3.38. The lowest BCUT2D eigenvalue weighted by Crippen LogP contribution is -2.50. The van der Waals surface area contributed by atoms with E-state index < -0.39 is 20.7 Å². The third kappa shape index (κ3) is 7.53. The second kappa shape index (κ2) is 14.4. The Labute approximate surface area is 286 Å². The monoisotopic (exact) mass is 703 g/mol. The number of aromatic nitrogens is 2. The Balaban J connectivity index is 1.42. The zero-order valence-corrected chi connectivity index (χ0v) is 29.4. The zero-order chi connectivity index (χ0) is 33.9. The number of allylic oxidation sites excluding steroid dienone is 4. The molecular weight excluding hydrogens is 664 g/mol. The van der Waals surface area contributed by atoms with E-state index in [4.69, 9.17) is 32.7 Å². The molecule has 2 aliphatic rings. The first-order chi connectivity index (χ1) is 22.4. The third-order valence-electron chi connectivity index (χ3n) is 9.28. The molecule has 0 aliphatic heterocycles. The first-order valence-electron chi connectivity index (χ1n) is 15.3. The van der Waals surface area contributed by atoms with Crippen molar-refractivity contribution in [3.05, 3.63) is 88.6 Å². The van der Waals surface area contributed by atoms with E-state index in [1.54, 1.807) is 18.2 Å². The Bertz CT molecular complexity index is 1760. The van der Waals surface area contributed by atoms with Crippen molar-refractivity contribution in [2.75, 3.05) is 37.9 Å². The van der Waals surface area contributed by atoms with Gasteiger partial charge in [0.2, 0.25) is 0 Å². The topological polar surface area (TPSA) is 96.9 Å². The molecule has 9 nitrogen and oxygen atoms in total. The molecule has 1 unspecified atom stereocenters. The molecule has 2 aromatic carbocycles. The summed E-state index contributed by atoms with van der Waals surface area (Å²) in [6.45, 7) is 2.05. The fourth-order valence-corrected chi connectivity index (χ4v) is 8.75. The minimum absolute atomic E-state index is 0.0390. The van der Waals surface area contributed by atoms with Crippen LogP contribution in [0, 0.1) is 17.2 Å². The van der Waals surface area contributed by atoms with Crippen molar-refractivity contribution in [3.63, 3.8) is 0 Å². The van der Waals surface area contributed by atoms with Gasteiger partial charge in [-0.25, -0.2) is 27.1 Å². The van der Waals surface area contributed by atoms with Gasteiger partial charge in [-0.15, -0.1) is 0 Å². The molecule has 252 valence electrons. The number of rotatable bonds is 11. The van der Waals surface area contributed by atoms with Crippen LogP contribution in [0.2, 0.25) is 5.02 Å². The smallest absolute Gasteiger partial charge is 0.268 e. The van der Waals surface area contributed by atoms with Crippen molar-refractivity contribution in [2.45, 2.75) is 56.1 Å². The van der Waals surface area contributed by atoms with E-state index >= 15 is 4.39 Å². The molecular formula is C34H40Cl2FN5O4S. The first kappa shape index (κ1) is 34.9. The van der Waals surface area contributed by atoms with Gasteiger partial charge in [-0.3, -0.25) is 0 Å². The standard InChI is InChI=1S/C34H40Cl2FN5O4S/c1-34(13-6-7-24(35)19-34)23-9-11-28(30(15-23)41(2)3)40-29-18-27(37)32(17-26(29)36)47(43,44)42(33-12-14-38-21-39-33)20-22-8-10-25(45-4)16-31(22)46-5/h6-8,10,12-14,16-18,21,23,28,30,40H,9,11,15,19-20H2,1-5H3/t23-,28-,30-,34?/m0/s1. The van der Waals surface area contributed by atoms with E-state index in [0.29, 0.717) is 28.7 Å². The summed E-state index contributed by atoms with van der Waals surface area (Å²) in [5.74, 6) is 0.460. The predicted molar refractivity (Wildman–Crippen MR) is 184 cm³/mol. The number of sulfonamides is 1. The lowest BCUT2D eigenvalue weighted by Gasteiger charge is -2.46. The maximum absolute atomic E-state index is 16.0. The highest BCUT2D eigenvalue weighted by atomic mass is 35.5. The lowest BCUT2D eigenvalue weighted by atomic mass is 9.65. The highest BCUT2D eigenvalue weighted by Gasteiger charge is 2.41. The van der Waals surface area contributed by atoms with Crippen molar-refractivity contribution in [2.24, 2.45) is 11.3 Å². The van der Waals surface area contributed by atoms with Crippen LogP contribution in [-0.4, -0.2) is 63.7 Å². The molecule has 4 atom stereocenters. The van der Waals surface area contributed by atoms with Crippen LogP contribution in [0.25, 0.3) is 0 Å². The van der Waals surface area contributed by atoms with Crippen LogP contribution in [0.15, 0.2) is 77.1 Å². The summed E-state index contributed by atoms with van der Waals surface area (Å²) in [7, 11) is 2.55. The Morgan fingerprint density at radius 2 is 1.89 bits per heavy atom. The van der Waals surface area contributed by atoms with Crippen LogP contribution in [-0.2, 0) is 16.6 Å². The van der Waals surface area contributed by atoms with Crippen LogP contribution in [0.5, 0.6) is 11.5 Å². The van der Waals surface area contributed by atoms with Gasteiger partial charge >= 0.3 is 0 Å². The van der Waals surface area contributed by atoms with E-state index in [0.717, 1.165) is 47.2 Å². The van der Waals surface area contributed by atoms with Gasteiger partial charge in [0, 0.05) is 41.0 Å². The molecule has 1 saturated carbocycles. The minimum Gasteiger partial charge on any atom is -0.497 e. The quantitative estimate of drug-likeness (QED) is 0.223. The van der Waals surface area contributed by atoms with E-state index in [9.17, 15) is 8.42 Å². The van der Waals surface area contributed by atoms with Gasteiger partial charge in [-0.05, 0) is 81.5 Å². The fourth-order valence-electron chi connectivity index (χ4n) is 6.63.